The molecule has 1 aromatic heterocycles. The van der Waals surface area contributed by atoms with Crippen molar-refractivity contribution >= 4 is 17.2 Å². The van der Waals surface area contributed by atoms with Gasteiger partial charge in [-0.25, -0.2) is 4.98 Å². The van der Waals surface area contributed by atoms with Gasteiger partial charge in [0, 0.05) is 0 Å². The summed E-state index contributed by atoms with van der Waals surface area (Å²) in [5, 5.41) is 3.17. The molecule has 0 saturated heterocycles. The molecule has 3 N–H and O–H groups in total. The summed E-state index contributed by atoms with van der Waals surface area (Å²) in [6.45, 7) is 2.50. The third kappa shape index (κ3) is 3.55. The van der Waals surface area contributed by atoms with Crippen LogP contribution in [0.3, 0.4) is 0 Å². The normalized spacial score (nSPS) is 10.2. The van der Waals surface area contributed by atoms with Crippen LogP contribution in [0.25, 0.3) is 0 Å². The lowest BCUT2D eigenvalue weighted by atomic mass is 10.3. The first kappa shape index (κ1) is 15.6. The van der Waals surface area contributed by atoms with Gasteiger partial charge >= 0.3 is 0 Å². The van der Waals surface area contributed by atoms with Gasteiger partial charge in [0.2, 0.25) is 5.88 Å². The summed E-state index contributed by atoms with van der Waals surface area (Å²) < 4.78 is 11.3. The lowest BCUT2D eigenvalue weighted by Gasteiger charge is -2.14. The van der Waals surface area contributed by atoms with E-state index < -0.39 is 0 Å². The summed E-state index contributed by atoms with van der Waals surface area (Å²) in [6, 6.07) is 16.9. The number of nitrogens with zero attached hydrogens (tertiary/aromatic N) is 2. The molecule has 6 nitrogen and oxygen atoms in total. The molecule has 1 heterocycles. The highest BCUT2D eigenvalue weighted by molar-refractivity contribution is 5.74. The Labute approximate surface area is 140 Å². The van der Waals surface area contributed by atoms with Crippen LogP contribution in [0, 0.1) is 0 Å². The molecule has 0 aliphatic rings. The van der Waals surface area contributed by atoms with Gasteiger partial charge in [0.05, 0.1) is 12.3 Å². The van der Waals surface area contributed by atoms with Crippen LogP contribution in [0.4, 0.5) is 17.2 Å². The van der Waals surface area contributed by atoms with Crippen molar-refractivity contribution in [2.45, 2.75) is 6.92 Å². The summed E-state index contributed by atoms with van der Waals surface area (Å²) in [6.07, 6.45) is 1.40. The Balaban J connectivity index is 1.86. The van der Waals surface area contributed by atoms with Crippen LogP contribution in [0.2, 0.25) is 0 Å². The highest BCUT2D eigenvalue weighted by Crippen LogP contribution is 2.33. The van der Waals surface area contributed by atoms with Crippen LogP contribution in [-0.4, -0.2) is 16.6 Å². The molecule has 0 aliphatic carbocycles. The molecule has 0 bridgehead atoms. The van der Waals surface area contributed by atoms with Gasteiger partial charge in [0.25, 0.3) is 0 Å². The number of hydrogen-bond donors (Lipinski definition) is 2. The van der Waals surface area contributed by atoms with E-state index in [1.807, 2.05) is 61.5 Å². The predicted octanol–water partition coefficient (Wildman–Crippen LogP) is 3.99. The third-order valence-electron chi connectivity index (χ3n) is 3.25. The van der Waals surface area contributed by atoms with Crippen molar-refractivity contribution in [2.75, 3.05) is 17.7 Å². The van der Waals surface area contributed by atoms with E-state index in [0.29, 0.717) is 29.7 Å². The van der Waals surface area contributed by atoms with Crippen LogP contribution < -0.4 is 20.5 Å². The van der Waals surface area contributed by atoms with Gasteiger partial charge in [-0.05, 0) is 31.2 Å². The molecule has 3 aromatic rings. The summed E-state index contributed by atoms with van der Waals surface area (Å²) in [5.41, 5.74) is 7.25. The van der Waals surface area contributed by atoms with Crippen molar-refractivity contribution in [3.8, 4) is 17.4 Å². The average Bonchev–Trinajstić information content (AvgIpc) is 2.61. The van der Waals surface area contributed by atoms with Gasteiger partial charge in [-0.2, -0.15) is 4.98 Å². The van der Waals surface area contributed by atoms with Crippen LogP contribution >= 0.6 is 0 Å². The highest BCUT2D eigenvalue weighted by Gasteiger charge is 2.12. The number of benzene rings is 2. The van der Waals surface area contributed by atoms with E-state index in [1.54, 1.807) is 0 Å². The van der Waals surface area contributed by atoms with E-state index in [2.05, 4.69) is 15.3 Å². The van der Waals surface area contributed by atoms with E-state index >= 15 is 0 Å². The lowest BCUT2D eigenvalue weighted by molar-refractivity contribution is 0.342. The van der Waals surface area contributed by atoms with Gasteiger partial charge in [-0.15, -0.1) is 0 Å². The monoisotopic (exact) mass is 322 g/mol. The zero-order valence-electron chi connectivity index (χ0n) is 13.3. The molecule has 0 spiro atoms. The van der Waals surface area contributed by atoms with E-state index in [-0.39, 0.29) is 0 Å². The number of nitrogens with two attached hydrogens (primary N) is 1. The number of nitrogen functional groups attached to an aromatic ring is 1. The van der Waals surface area contributed by atoms with Crippen molar-refractivity contribution in [1.29, 1.82) is 0 Å². The maximum absolute atomic E-state index is 6.15. The Morgan fingerprint density at radius 1 is 1.00 bits per heavy atom. The van der Waals surface area contributed by atoms with Crippen LogP contribution in [-0.2, 0) is 0 Å². The van der Waals surface area contributed by atoms with Crippen LogP contribution in [0.15, 0.2) is 60.9 Å². The Morgan fingerprint density at radius 3 is 2.54 bits per heavy atom. The summed E-state index contributed by atoms with van der Waals surface area (Å²) in [4.78, 5) is 8.30. The quantitative estimate of drug-likeness (QED) is 0.714. The van der Waals surface area contributed by atoms with Gasteiger partial charge in [-0.1, -0.05) is 30.3 Å². The molecule has 0 atom stereocenters. The second-order valence-electron chi connectivity index (χ2n) is 4.91. The van der Waals surface area contributed by atoms with Crippen molar-refractivity contribution in [1.82, 2.24) is 9.97 Å². The molecule has 3 rings (SSSR count). The SMILES string of the molecule is CCOc1ccccc1Nc1ncnc(Oc2ccccc2)c1N. The second kappa shape index (κ2) is 7.32. The average molecular weight is 322 g/mol. The summed E-state index contributed by atoms with van der Waals surface area (Å²) in [7, 11) is 0. The summed E-state index contributed by atoms with van der Waals surface area (Å²) in [5.74, 6) is 2.14. The molecule has 0 amide bonds. The Bertz CT molecular complexity index is 809. The Morgan fingerprint density at radius 2 is 1.75 bits per heavy atom. The largest absolute Gasteiger partial charge is 0.492 e. The number of anilines is 3. The zero-order valence-corrected chi connectivity index (χ0v) is 13.3. The number of aromatic nitrogens is 2. The van der Waals surface area contributed by atoms with Gasteiger partial charge in [-0.3, -0.25) is 0 Å². The van der Waals surface area contributed by atoms with Crippen LogP contribution in [0.5, 0.6) is 17.4 Å². The highest BCUT2D eigenvalue weighted by atomic mass is 16.5. The van der Waals surface area contributed by atoms with E-state index in [0.717, 1.165) is 11.4 Å². The van der Waals surface area contributed by atoms with Crippen LogP contribution in [0.1, 0.15) is 6.92 Å². The van der Waals surface area contributed by atoms with Gasteiger partial charge in [0.1, 0.15) is 23.5 Å². The fourth-order valence-electron chi connectivity index (χ4n) is 2.14. The fourth-order valence-corrected chi connectivity index (χ4v) is 2.14. The first-order valence-corrected chi connectivity index (χ1v) is 7.60. The molecular formula is C18H18N4O2. The van der Waals surface area contributed by atoms with E-state index in [1.165, 1.54) is 6.33 Å². The molecule has 6 heteroatoms. The first-order valence-electron chi connectivity index (χ1n) is 7.60. The second-order valence-corrected chi connectivity index (χ2v) is 4.91. The number of ether oxygens (including phenoxy) is 2. The Kier molecular flexibility index (Phi) is 4.76. The number of para-hydroxylation sites is 3. The molecule has 24 heavy (non-hydrogen) atoms. The molecule has 0 fully saturated rings. The molecule has 122 valence electrons. The predicted molar refractivity (Wildman–Crippen MR) is 93.9 cm³/mol. The molecule has 0 aliphatic heterocycles. The molecule has 0 radical (unpaired) electrons. The standard InChI is InChI=1S/C18H18N4O2/c1-2-23-15-11-7-6-10-14(15)22-17-16(19)18(21-12-20-17)24-13-8-4-3-5-9-13/h3-12H,2,19H2,1H3,(H,20,21,22). The van der Waals surface area contributed by atoms with Crippen molar-refractivity contribution in [2.24, 2.45) is 0 Å². The smallest absolute Gasteiger partial charge is 0.248 e. The van der Waals surface area contributed by atoms with Gasteiger partial charge < -0.3 is 20.5 Å². The zero-order chi connectivity index (χ0) is 16.8. The van der Waals surface area contributed by atoms with E-state index in [9.17, 15) is 0 Å². The maximum Gasteiger partial charge on any atom is 0.248 e. The first-order chi connectivity index (χ1) is 11.8. The molecule has 0 unspecified atom stereocenters. The van der Waals surface area contributed by atoms with Crippen molar-refractivity contribution < 1.29 is 9.47 Å². The third-order valence-corrected chi connectivity index (χ3v) is 3.25. The Hall–Kier alpha value is -3.28. The minimum Gasteiger partial charge on any atom is -0.492 e. The summed E-state index contributed by atoms with van der Waals surface area (Å²) >= 11 is 0. The molecule has 2 aromatic carbocycles. The minimum absolute atomic E-state index is 0.299. The maximum atomic E-state index is 6.15. The lowest BCUT2D eigenvalue weighted by Crippen LogP contribution is -2.04. The number of hydrogen-bond acceptors (Lipinski definition) is 6. The topological polar surface area (TPSA) is 82.3 Å². The molecule has 0 saturated carbocycles. The fraction of sp³-hybridized carbons (Fsp3) is 0.111. The number of rotatable bonds is 6. The molecular weight excluding hydrogens is 304 g/mol. The van der Waals surface area contributed by atoms with Gasteiger partial charge in [0.15, 0.2) is 5.82 Å². The number of nitrogens with one attached hydrogen (secondary N) is 1. The van der Waals surface area contributed by atoms with E-state index in [4.69, 9.17) is 15.2 Å². The minimum atomic E-state index is 0.299. The van der Waals surface area contributed by atoms with Crippen molar-refractivity contribution in [3.05, 3.63) is 60.9 Å². The van der Waals surface area contributed by atoms with Crippen molar-refractivity contribution in [3.63, 3.8) is 0 Å².